The first kappa shape index (κ1) is 23.1. The smallest absolute Gasteiger partial charge is 0.333 e. The minimum absolute atomic E-state index is 0.0519. The highest BCUT2D eigenvalue weighted by Gasteiger charge is 2.29. The number of oxime groups is 1. The molecule has 10 heteroatoms. The number of fused-ring (bicyclic) bond motifs is 1. The SMILES string of the molecule is CC(C)c1cc(Cl)cc(C(C)C)c1NC(=O)NS(=O)(=O)c1cc2c(o1)CCC/C2=N/O. The molecule has 3 rings (SSSR count). The number of anilines is 1. The third-order valence-electron chi connectivity index (χ3n) is 5.17. The van der Waals surface area contributed by atoms with Crippen LogP contribution in [0.3, 0.4) is 0 Å². The highest BCUT2D eigenvalue weighted by molar-refractivity contribution is 7.89. The maximum absolute atomic E-state index is 12.7. The van der Waals surface area contributed by atoms with Crippen molar-refractivity contribution < 1.29 is 22.8 Å². The Balaban J connectivity index is 1.89. The van der Waals surface area contributed by atoms with E-state index in [9.17, 15) is 13.2 Å². The van der Waals surface area contributed by atoms with Crippen molar-refractivity contribution in [1.29, 1.82) is 0 Å². The summed E-state index contributed by atoms with van der Waals surface area (Å²) in [6.45, 7) is 7.85. The van der Waals surface area contributed by atoms with Gasteiger partial charge in [-0.05, 0) is 47.9 Å². The summed E-state index contributed by atoms with van der Waals surface area (Å²) in [7, 11) is -4.27. The maximum atomic E-state index is 12.7. The van der Waals surface area contributed by atoms with Gasteiger partial charge in [0.1, 0.15) is 5.76 Å². The largest absolute Gasteiger partial charge is 0.447 e. The fraction of sp³-hybridized carbons (Fsp3) is 0.429. The Morgan fingerprint density at radius 3 is 2.29 bits per heavy atom. The molecule has 3 N–H and O–H groups in total. The Morgan fingerprint density at radius 1 is 1.13 bits per heavy atom. The molecule has 0 fully saturated rings. The molecule has 0 atom stereocenters. The predicted molar refractivity (Wildman–Crippen MR) is 119 cm³/mol. The number of carbonyl (C=O) groups excluding carboxylic acids is 1. The molecule has 2 amide bonds. The number of amides is 2. The zero-order valence-electron chi connectivity index (χ0n) is 17.8. The van der Waals surface area contributed by atoms with Gasteiger partial charge in [-0.1, -0.05) is 44.5 Å². The molecule has 0 saturated carbocycles. The van der Waals surface area contributed by atoms with Gasteiger partial charge in [0.15, 0.2) is 0 Å². The number of rotatable bonds is 5. The summed E-state index contributed by atoms with van der Waals surface area (Å²) in [6, 6.07) is 3.90. The van der Waals surface area contributed by atoms with Crippen molar-refractivity contribution in [3.8, 4) is 0 Å². The second-order valence-corrected chi connectivity index (χ2v) is 10.2. The summed E-state index contributed by atoms with van der Waals surface area (Å²) in [4.78, 5) is 12.7. The first-order valence-corrected chi connectivity index (χ1v) is 11.9. The van der Waals surface area contributed by atoms with Crippen LogP contribution in [-0.2, 0) is 16.4 Å². The normalized spacial score (nSPS) is 15.4. The molecule has 1 aromatic carbocycles. The lowest BCUT2D eigenvalue weighted by molar-refractivity contribution is 0.256. The number of aryl methyl sites for hydroxylation is 1. The Labute approximate surface area is 186 Å². The van der Waals surface area contributed by atoms with Gasteiger partial charge < -0.3 is 14.9 Å². The lowest BCUT2D eigenvalue weighted by Crippen LogP contribution is -2.34. The molecule has 0 saturated heterocycles. The molecular formula is C21H26ClN3O5S. The van der Waals surface area contributed by atoms with Crippen LogP contribution >= 0.6 is 11.6 Å². The van der Waals surface area contributed by atoms with Crippen LogP contribution in [0.4, 0.5) is 10.5 Å². The van der Waals surface area contributed by atoms with E-state index in [1.54, 1.807) is 12.1 Å². The molecule has 0 bridgehead atoms. The van der Waals surface area contributed by atoms with Crippen molar-refractivity contribution in [2.75, 3.05) is 5.32 Å². The van der Waals surface area contributed by atoms with E-state index in [-0.39, 0.29) is 11.8 Å². The standard InChI is InChI=1S/C21H26ClN3O5S/c1-11(2)14-8-13(22)9-15(12(3)4)20(14)23-21(26)25-31(28,29)19-10-16-17(24-27)6-5-7-18(16)30-19/h8-12,27H,5-7H2,1-4H3,(H2,23,25,26)/b24-17-. The minimum Gasteiger partial charge on any atom is -0.447 e. The third kappa shape index (κ3) is 4.88. The van der Waals surface area contributed by atoms with Crippen LogP contribution in [0.15, 0.2) is 32.9 Å². The summed E-state index contributed by atoms with van der Waals surface area (Å²) in [5.74, 6) is 0.522. The number of sulfonamides is 1. The van der Waals surface area contributed by atoms with Crippen molar-refractivity contribution in [2.45, 2.75) is 63.9 Å². The Bertz CT molecular complexity index is 1110. The van der Waals surface area contributed by atoms with Crippen LogP contribution in [0, 0.1) is 0 Å². The van der Waals surface area contributed by atoms with Gasteiger partial charge in [0.05, 0.1) is 5.71 Å². The first-order chi connectivity index (χ1) is 14.5. The number of nitrogens with zero attached hydrogens (tertiary/aromatic N) is 1. The van der Waals surface area contributed by atoms with Gasteiger partial charge in [0, 0.05) is 28.8 Å². The molecule has 168 valence electrons. The fourth-order valence-electron chi connectivity index (χ4n) is 3.64. The van der Waals surface area contributed by atoms with Gasteiger partial charge in [-0.25, -0.2) is 9.52 Å². The molecule has 1 heterocycles. The Morgan fingerprint density at radius 2 is 1.74 bits per heavy atom. The van der Waals surface area contributed by atoms with E-state index in [0.717, 1.165) is 11.1 Å². The summed E-state index contributed by atoms with van der Waals surface area (Å²) >= 11 is 6.24. The number of benzene rings is 1. The second-order valence-electron chi connectivity index (χ2n) is 8.13. The molecule has 0 aliphatic heterocycles. The first-order valence-electron chi connectivity index (χ1n) is 10.0. The van der Waals surface area contributed by atoms with Gasteiger partial charge in [-0.15, -0.1) is 0 Å². The molecule has 1 aliphatic carbocycles. The van der Waals surface area contributed by atoms with Gasteiger partial charge in [0.25, 0.3) is 10.0 Å². The topological polar surface area (TPSA) is 121 Å². The molecule has 8 nitrogen and oxygen atoms in total. The quantitative estimate of drug-likeness (QED) is 0.412. The van der Waals surface area contributed by atoms with Crippen molar-refractivity contribution in [3.63, 3.8) is 0 Å². The van der Waals surface area contributed by atoms with Crippen molar-refractivity contribution >= 4 is 39.1 Å². The number of nitrogens with one attached hydrogen (secondary N) is 2. The minimum atomic E-state index is -4.27. The van der Waals surface area contributed by atoms with Crippen LogP contribution in [-0.4, -0.2) is 25.4 Å². The van der Waals surface area contributed by atoms with Crippen LogP contribution in [0.25, 0.3) is 0 Å². The fourth-order valence-corrected chi connectivity index (χ4v) is 4.75. The molecular weight excluding hydrogens is 442 g/mol. The van der Waals surface area contributed by atoms with Gasteiger partial charge >= 0.3 is 6.03 Å². The number of furan rings is 1. The molecule has 2 aromatic rings. The summed E-state index contributed by atoms with van der Waals surface area (Å²) < 4.78 is 33.0. The van der Waals surface area contributed by atoms with E-state index >= 15 is 0 Å². The van der Waals surface area contributed by atoms with Gasteiger partial charge in [-0.2, -0.15) is 8.42 Å². The van der Waals surface area contributed by atoms with Crippen LogP contribution in [0.1, 0.15) is 74.8 Å². The molecule has 0 unspecified atom stereocenters. The summed E-state index contributed by atoms with van der Waals surface area (Å²) in [6.07, 6.45) is 1.72. The molecule has 0 radical (unpaired) electrons. The predicted octanol–water partition coefficient (Wildman–Crippen LogP) is 5.20. The molecule has 31 heavy (non-hydrogen) atoms. The van der Waals surface area contributed by atoms with Crippen molar-refractivity contribution in [3.05, 3.63) is 45.7 Å². The summed E-state index contributed by atoms with van der Waals surface area (Å²) in [5, 5.41) is 15.2. The van der Waals surface area contributed by atoms with E-state index < -0.39 is 21.1 Å². The van der Waals surface area contributed by atoms with E-state index in [0.29, 0.717) is 47.0 Å². The molecule has 1 aromatic heterocycles. The van der Waals surface area contributed by atoms with E-state index in [1.807, 2.05) is 32.4 Å². The molecule has 1 aliphatic rings. The number of urea groups is 1. The van der Waals surface area contributed by atoms with E-state index in [2.05, 4.69) is 10.5 Å². The maximum Gasteiger partial charge on any atom is 0.333 e. The number of halogens is 1. The lowest BCUT2D eigenvalue weighted by atomic mass is 9.92. The van der Waals surface area contributed by atoms with Crippen LogP contribution in [0.2, 0.25) is 5.02 Å². The Kier molecular flexibility index (Phi) is 6.66. The molecule has 0 spiro atoms. The third-order valence-corrected chi connectivity index (χ3v) is 6.58. The summed E-state index contributed by atoms with van der Waals surface area (Å²) in [5.41, 5.74) is 2.95. The van der Waals surface area contributed by atoms with Crippen LogP contribution in [0.5, 0.6) is 0 Å². The average molecular weight is 468 g/mol. The number of hydrogen-bond donors (Lipinski definition) is 3. The van der Waals surface area contributed by atoms with Crippen LogP contribution < -0.4 is 10.0 Å². The van der Waals surface area contributed by atoms with E-state index in [4.69, 9.17) is 21.2 Å². The lowest BCUT2D eigenvalue weighted by Gasteiger charge is -2.21. The highest BCUT2D eigenvalue weighted by atomic mass is 35.5. The number of carbonyl (C=O) groups is 1. The zero-order chi connectivity index (χ0) is 22.9. The van der Waals surface area contributed by atoms with Crippen molar-refractivity contribution in [2.24, 2.45) is 5.16 Å². The average Bonchev–Trinajstić information content (AvgIpc) is 3.13. The van der Waals surface area contributed by atoms with Crippen molar-refractivity contribution in [1.82, 2.24) is 4.72 Å². The van der Waals surface area contributed by atoms with Gasteiger partial charge in [0.2, 0.25) is 5.09 Å². The highest BCUT2D eigenvalue weighted by Crippen LogP contribution is 2.35. The Hall–Kier alpha value is -2.52. The zero-order valence-corrected chi connectivity index (χ0v) is 19.4. The second kappa shape index (κ2) is 8.92. The van der Waals surface area contributed by atoms with E-state index in [1.165, 1.54) is 6.07 Å². The van der Waals surface area contributed by atoms with Gasteiger partial charge in [-0.3, -0.25) is 0 Å². The monoisotopic (exact) mass is 467 g/mol. The number of hydrogen-bond acceptors (Lipinski definition) is 6.